The number of carbonyl (C=O) groups excluding carboxylic acids is 5. The van der Waals surface area contributed by atoms with Crippen LogP contribution in [0.3, 0.4) is 0 Å². The minimum atomic E-state index is -1.22. The smallest absolute Gasteiger partial charge is 0.607 e. The van der Waals surface area contributed by atoms with Gasteiger partial charge < -0.3 is 35.0 Å². The van der Waals surface area contributed by atoms with E-state index in [9.17, 15) is 29.1 Å². The van der Waals surface area contributed by atoms with Crippen LogP contribution < -0.4 is 29.2 Å². The summed E-state index contributed by atoms with van der Waals surface area (Å²) in [4.78, 5) is 73.1. The Morgan fingerprint density at radius 1 is 1.06 bits per heavy atom. The molecule has 1 saturated heterocycles. The number of ether oxygens (including phenoxy) is 2. The predicted octanol–water partition coefficient (Wildman–Crippen LogP) is -0.0682. The molecule has 1 aromatic rings. The van der Waals surface area contributed by atoms with Gasteiger partial charge in [0.1, 0.15) is 23.8 Å². The topological polar surface area (TPSA) is 171 Å². The zero-order chi connectivity index (χ0) is 35.4. The van der Waals surface area contributed by atoms with Gasteiger partial charge in [-0.15, -0.1) is 0 Å². The number of hydrogen-bond donors (Lipinski definition) is 3. The van der Waals surface area contributed by atoms with Gasteiger partial charge in [0.05, 0.1) is 6.54 Å². The van der Waals surface area contributed by atoms with E-state index in [1.54, 1.807) is 46.4 Å². The summed E-state index contributed by atoms with van der Waals surface area (Å²) in [5.41, 5.74) is 0.514. The number of rotatable bonds is 10. The SMILES string of the molecule is CCCC(NC(=O)[C@@H]1C[C@@H](OC(=O)N2CCc3ccccc3C2)CN1C(=O)[C@@H]([N-]C(=O)OC(C)(C)C)C(C)(C)C)C(=O)C(O)=[NH+]C1CC1.[Li+]. The maximum absolute atomic E-state index is 14.2. The average molecular weight is 677 g/mol. The Morgan fingerprint density at radius 2 is 1.71 bits per heavy atom. The molecule has 0 aromatic heterocycles. The third-order valence-corrected chi connectivity index (χ3v) is 8.55. The third kappa shape index (κ3) is 11.0. The first-order valence-corrected chi connectivity index (χ1v) is 16.9. The van der Waals surface area contributed by atoms with Crippen LogP contribution in [0.1, 0.15) is 91.7 Å². The van der Waals surface area contributed by atoms with E-state index in [-0.39, 0.29) is 44.3 Å². The Kier molecular flexibility index (Phi) is 13.4. The molecule has 13 nitrogen and oxygen atoms in total. The zero-order valence-electron chi connectivity index (χ0n) is 30.2. The van der Waals surface area contributed by atoms with Crippen LogP contribution in [0.5, 0.6) is 0 Å². The van der Waals surface area contributed by atoms with Crippen LogP contribution in [-0.2, 0) is 36.8 Å². The Morgan fingerprint density at radius 3 is 2.31 bits per heavy atom. The van der Waals surface area contributed by atoms with Crippen molar-refractivity contribution >= 4 is 35.7 Å². The number of nitrogens with zero attached hydrogens (tertiary/aromatic N) is 3. The van der Waals surface area contributed by atoms with Crippen LogP contribution >= 0.6 is 0 Å². The molecule has 0 radical (unpaired) electrons. The third-order valence-electron chi connectivity index (χ3n) is 8.55. The molecule has 3 N–H and O–H groups in total. The molecule has 2 heterocycles. The summed E-state index contributed by atoms with van der Waals surface area (Å²) in [5.74, 6) is -2.39. The first-order chi connectivity index (χ1) is 22.5. The van der Waals surface area contributed by atoms with Crippen molar-refractivity contribution in [3.05, 3.63) is 40.7 Å². The zero-order valence-corrected chi connectivity index (χ0v) is 30.2. The van der Waals surface area contributed by atoms with E-state index < -0.39 is 70.9 Å². The quantitative estimate of drug-likeness (QED) is 0.176. The van der Waals surface area contributed by atoms with Gasteiger partial charge in [0.15, 0.2) is 6.04 Å². The van der Waals surface area contributed by atoms with E-state index in [1.165, 1.54) is 10.5 Å². The number of benzene rings is 1. The summed E-state index contributed by atoms with van der Waals surface area (Å²) in [6.45, 7) is 12.9. The molecule has 0 spiro atoms. The van der Waals surface area contributed by atoms with E-state index in [2.05, 4.69) is 15.6 Å². The van der Waals surface area contributed by atoms with Crippen molar-refractivity contribution in [2.24, 2.45) is 5.41 Å². The standard InChI is InChI=1S/C35H51N5O8.Li/c1-8-11-25(27(41)30(43)36-23-14-15-23)37-29(42)26-18-24(47-33(46)39-17-16-21-12-9-10-13-22(21)19-39)20-40(26)31(44)28(34(2,3)4)38-32(45)48-35(5,6)7;/h9-10,12-13,23-26,28H,8,11,14-20H2,1-7H3,(H3,36,37,38,42,43,45);/q;+1/t24-,25?,26+,28-;/m1./s1. The number of Topliss-reactive ketones (excluding diaryl/α,β-unsaturated/α-hetero) is 1. The number of likely N-dealkylation sites (tertiary alicyclic amines) is 1. The second-order valence-corrected chi connectivity index (χ2v) is 15.0. The largest absolute Gasteiger partial charge is 1.00 e. The second-order valence-electron chi connectivity index (χ2n) is 15.0. The molecular weight excluding hydrogens is 625 g/mol. The Labute approximate surface area is 301 Å². The molecule has 1 aliphatic carbocycles. The monoisotopic (exact) mass is 676 g/mol. The first-order valence-electron chi connectivity index (χ1n) is 16.9. The molecule has 2 aliphatic heterocycles. The van der Waals surface area contributed by atoms with Crippen molar-refractivity contribution in [2.45, 2.75) is 129 Å². The minimum Gasteiger partial charge on any atom is -0.607 e. The van der Waals surface area contributed by atoms with Crippen LogP contribution in [0.15, 0.2) is 24.3 Å². The molecule has 1 saturated carbocycles. The Balaban J connectivity index is 0.00000650. The van der Waals surface area contributed by atoms with Crippen molar-refractivity contribution < 1.29 is 62.4 Å². The molecule has 3 aliphatic rings. The summed E-state index contributed by atoms with van der Waals surface area (Å²) >= 11 is 0. The normalized spacial score (nSPS) is 20.7. The summed E-state index contributed by atoms with van der Waals surface area (Å²) < 4.78 is 11.3. The van der Waals surface area contributed by atoms with Gasteiger partial charge in [-0.1, -0.05) is 58.4 Å². The fraction of sp³-hybridized carbons (Fsp3) is 0.657. The number of amides is 4. The molecule has 4 atom stereocenters. The van der Waals surface area contributed by atoms with Crippen molar-refractivity contribution in [3.8, 4) is 0 Å². The van der Waals surface area contributed by atoms with Gasteiger partial charge in [-0.2, -0.15) is 0 Å². The summed E-state index contributed by atoms with van der Waals surface area (Å²) in [5, 5.41) is 17.3. The van der Waals surface area contributed by atoms with Gasteiger partial charge in [0.25, 0.3) is 5.78 Å². The number of hydrogen-bond acceptors (Lipinski definition) is 7. The molecule has 4 rings (SSSR count). The molecule has 49 heavy (non-hydrogen) atoms. The number of nitrogens with one attached hydrogen (secondary N) is 2. The fourth-order valence-electron chi connectivity index (χ4n) is 5.90. The first kappa shape index (κ1) is 39.9. The van der Waals surface area contributed by atoms with Gasteiger partial charge in [-0.25, -0.2) is 9.79 Å². The van der Waals surface area contributed by atoms with Crippen LogP contribution in [0.25, 0.3) is 5.32 Å². The van der Waals surface area contributed by atoms with E-state index in [0.29, 0.717) is 25.9 Å². The summed E-state index contributed by atoms with van der Waals surface area (Å²) in [6.07, 6.45) is 0.829. The van der Waals surface area contributed by atoms with E-state index in [1.807, 2.05) is 31.2 Å². The molecule has 0 bridgehead atoms. The van der Waals surface area contributed by atoms with E-state index >= 15 is 0 Å². The van der Waals surface area contributed by atoms with Gasteiger partial charge in [-0.05, 0) is 56.2 Å². The van der Waals surface area contributed by atoms with Crippen LogP contribution in [0.2, 0.25) is 0 Å². The molecule has 1 unspecified atom stereocenters. The predicted molar refractivity (Wildman–Crippen MR) is 177 cm³/mol. The van der Waals surface area contributed by atoms with E-state index in [4.69, 9.17) is 9.47 Å². The van der Waals surface area contributed by atoms with Crippen LogP contribution in [0, 0.1) is 5.41 Å². The van der Waals surface area contributed by atoms with Gasteiger partial charge in [0, 0.05) is 32.4 Å². The number of fused-ring (bicyclic) bond motifs is 1. The van der Waals surface area contributed by atoms with Crippen LogP contribution in [0.4, 0.5) is 9.59 Å². The molecule has 1 aromatic carbocycles. The second kappa shape index (κ2) is 16.4. The Bertz CT molecular complexity index is 1420. The molecule has 264 valence electrons. The number of carbonyl (C=O) groups is 5. The average Bonchev–Trinajstić information content (AvgIpc) is 3.72. The van der Waals surface area contributed by atoms with Crippen LogP contribution in [-0.4, -0.2) is 99.6 Å². The van der Waals surface area contributed by atoms with Gasteiger partial charge in [0.2, 0.25) is 17.9 Å². The van der Waals surface area contributed by atoms with E-state index in [0.717, 1.165) is 18.4 Å². The van der Waals surface area contributed by atoms with Crippen molar-refractivity contribution in [1.82, 2.24) is 15.1 Å². The minimum absolute atomic E-state index is 0. The van der Waals surface area contributed by atoms with Crippen molar-refractivity contribution in [3.63, 3.8) is 0 Å². The Hall–Kier alpha value is -3.56. The molecule has 14 heteroatoms. The van der Waals surface area contributed by atoms with Gasteiger partial charge in [-0.3, -0.25) is 19.2 Å². The molecule has 4 amide bonds. The van der Waals surface area contributed by atoms with Crippen molar-refractivity contribution in [1.29, 1.82) is 0 Å². The molecular formula is C35H51LiN5O8+. The summed E-state index contributed by atoms with van der Waals surface area (Å²) in [6, 6.07) is 4.52. The summed E-state index contributed by atoms with van der Waals surface area (Å²) in [7, 11) is 0. The number of ketones is 1. The van der Waals surface area contributed by atoms with Crippen molar-refractivity contribution in [2.75, 3.05) is 13.1 Å². The van der Waals surface area contributed by atoms with Gasteiger partial charge >= 0.3 is 30.9 Å². The fourth-order valence-corrected chi connectivity index (χ4v) is 5.90. The maximum Gasteiger partial charge on any atom is 1.00 e. The maximum atomic E-state index is 14.2. The number of aliphatic hydroxyl groups is 1. The number of aliphatic hydroxyl groups excluding tert-OH is 1. The molecule has 2 fully saturated rings.